The topological polar surface area (TPSA) is 32.3 Å². The minimum atomic E-state index is 0.149. The van der Waals surface area contributed by atoms with E-state index in [1.165, 1.54) is 0 Å². The molecule has 0 radical (unpaired) electrons. The Balaban J connectivity index is 2.15. The van der Waals surface area contributed by atoms with E-state index in [9.17, 15) is 0 Å². The van der Waals surface area contributed by atoms with Crippen LogP contribution in [0.4, 0.5) is 0 Å². The zero-order valence-electron chi connectivity index (χ0n) is 10.1. The van der Waals surface area contributed by atoms with E-state index in [1.54, 1.807) is 0 Å². The molecule has 0 fully saturated rings. The molecule has 2 aromatic rings. The summed E-state index contributed by atoms with van der Waals surface area (Å²) in [5.74, 6) is 0. The van der Waals surface area contributed by atoms with E-state index in [1.807, 2.05) is 42.5 Å². The van der Waals surface area contributed by atoms with Gasteiger partial charge in [-0.1, -0.05) is 54.1 Å². The van der Waals surface area contributed by atoms with Gasteiger partial charge in [0.25, 0.3) is 0 Å². The van der Waals surface area contributed by atoms with Gasteiger partial charge >= 0.3 is 0 Å². The van der Waals surface area contributed by atoms with E-state index in [0.717, 1.165) is 28.3 Å². The Morgan fingerprint density at radius 2 is 1.83 bits per heavy atom. The van der Waals surface area contributed by atoms with Crippen LogP contribution < -0.4 is 5.32 Å². The highest BCUT2D eigenvalue weighted by atomic mass is 35.5. The second-order valence-corrected chi connectivity index (χ2v) is 4.49. The lowest BCUT2D eigenvalue weighted by molar-refractivity contribution is 0.292. The van der Waals surface area contributed by atoms with Gasteiger partial charge < -0.3 is 10.4 Å². The van der Waals surface area contributed by atoms with Gasteiger partial charge in [-0.05, 0) is 17.2 Å². The molecule has 18 heavy (non-hydrogen) atoms. The van der Waals surface area contributed by atoms with Gasteiger partial charge in [-0.2, -0.15) is 0 Å². The maximum atomic E-state index is 8.70. The Bertz CT molecular complexity index is 499. The predicted octanol–water partition coefficient (Wildman–Crippen LogP) is 3.09. The molecule has 0 heterocycles. The molecule has 0 aliphatic heterocycles. The molecule has 0 bridgehead atoms. The molecule has 2 aromatic carbocycles. The lowest BCUT2D eigenvalue weighted by Crippen LogP contribution is -2.17. The normalized spacial score (nSPS) is 10.6. The van der Waals surface area contributed by atoms with Crippen molar-refractivity contribution >= 4 is 11.6 Å². The van der Waals surface area contributed by atoms with Crippen LogP contribution in [0, 0.1) is 0 Å². The highest BCUT2D eigenvalue weighted by molar-refractivity contribution is 6.33. The molecule has 0 saturated heterocycles. The highest BCUT2D eigenvalue weighted by Crippen LogP contribution is 2.28. The molecule has 2 N–H and O–H groups in total. The first-order chi connectivity index (χ1) is 8.81. The van der Waals surface area contributed by atoms with E-state index < -0.39 is 0 Å². The van der Waals surface area contributed by atoms with Crippen LogP contribution in [0.25, 0.3) is 11.1 Å². The van der Waals surface area contributed by atoms with Crippen molar-refractivity contribution < 1.29 is 5.11 Å². The summed E-state index contributed by atoms with van der Waals surface area (Å²) < 4.78 is 0. The Labute approximate surface area is 112 Å². The van der Waals surface area contributed by atoms with Crippen LogP contribution in [0.3, 0.4) is 0 Å². The molecule has 0 aliphatic carbocycles. The molecule has 0 aliphatic rings. The summed E-state index contributed by atoms with van der Waals surface area (Å²) in [7, 11) is 0. The second-order valence-electron chi connectivity index (χ2n) is 4.08. The third-order valence-corrected chi connectivity index (χ3v) is 3.05. The Morgan fingerprint density at radius 3 is 2.50 bits per heavy atom. The van der Waals surface area contributed by atoms with E-state index in [0.29, 0.717) is 6.54 Å². The molecule has 0 amide bonds. The third kappa shape index (κ3) is 3.33. The van der Waals surface area contributed by atoms with Crippen LogP contribution >= 0.6 is 11.6 Å². The fourth-order valence-electron chi connectivity index (χ4n) is 1.83. The molecule has 0 atom stereocenters. The van der Waals surface area contributed by atoms with Gasteiger partial charge in [0.1, 0.15) is 0 Å². The quantitative estimate of drug-likeness (QED) is 0.811. The molecule has 0 saturated carbocycles. The Kier molecular flexibility index (Phi) is 4.76. The Hall–Kier alpha value is -1.35. The molecule has 2 rings (SSSR count). The minimum absolute atomic E-state index is 0.149. The second kappa shape index (κ2) is 6.55. The summed E-state index contributed by atoms with van der Waals surface area (Å²) >= 11 is 6.30. The number of halogens is 1. The molecule has 0 aromatic heterocycles. The van der Waals surface area contributed by atoms with Crippen molar-refractivity contribution in [1.82, 2.24) is 5.32 Å². The number of rotatable bonds is 5. The summed E-state index contributed by atoms with van der Waals surface area (Å²) in [5.41, 5.74) is 3.29. The summed E-state index contributed by atoms with van der Waals surface area (Å²) in [6.07, 6.45) is 0. The van der Waals surface area contributed by atoms with Crippen molar-refractivity contribution in [2.45, 2.75) is 6.54 Å². The van der Waals surface area contributed by atoms with Crippen molar-refractivity contribution in [3.8, 4) is 11.1 Å². The van der Waals surface area contributed by atoms with Crippen molar-refractivity contribution in [2.24, 2.45) is 0 Å². The lowest BCUT2D eigenvalue weighted by Gasteiger charge is -2.08. The van der Waals surface area contributed by atoms with Crippen LogP contribution in [0.1, 0.15) is 5.56 Å². The van der Waals surface area contributed by atoms with E-state index >= 15 is 0 Å². The summed E-state index contributed by atoms with van der Waals surface area (Å²) in [4.78, 5) is 0. The van der Waals surface area contributed by atoms with Gasteiger partial charge in [0.15, 0.2) is 0 Å². The number of aliphatic hydroxyl groups excluding tert-OH is 1. The zero-order chi connectivity index (χ0) is 12.8. The molecule has 3 heteroatoms. The maximum Gasteiger partial charge on any atom is 0.0556 e. The van der Waals surface area contributed by atoms with E-state index in [-0.39, 0.29) is 6.61 Å². The van der Waals surface area contributed by atoms with Crippen molar-refractivity contribution in [3.05, 3.63) is 59.1 Å². The standard InChI is InChI=1S/C15H16ClNO/c16-15-10-12(11-17-8-9-18)6-7-14(15)13-4-2-1-3-5-13/h1-7,10,17-18H,8-9,11H2. The molecule has 2 nitrogen and oxygen atoms in total. The molecule has 94 valence electrons. The largest absolute Gasteiger partial charge is 0.395 e. The molecule has 0 spiro atoms. The van der Waals surface area contributed by atoms with Gasteiger partial charge in [-0.15, -0.1) is 0 Å². The fourth-order valence-corrected chi connectivity index (χ4v) is 2.14. The predicted molar refractivity (Wildman–Crippen MR) is 75.7 cm³/mol. The number of hydrogen-bond acceptors (Lipinski definition) is 2. The van der Waals surface area contributed by atoms with Crippen molar-refractivity contribution in [2.75, 3.05) is 13.2 Å². The van der Waals surface area contributed by atoms with Gasteiger partial charge in [-0.25, -0.2) is 0 Å². The van der Waals surface area contributed by atoms with Crippen LogP contribution in [0.5, 0.6) is 0 Å². The smallest absolute Gasteiger partial charge is 0.0556 e. The highest BCUT2D eigenvalue weighted by Gasteiger charge is 2.03. The van der Waals surface area contributed by atoms with E-state index in [2.05, 4.69) is 11.4 Å². The third-order valence-electron chi connectivity index (χ3n) is 2.74. The van der Waals surface area contributed by atoms with Crippen LogP contribution in [0.2, 0.25) is 5.02 Å². The van der Waals surface area contributed by atoms with Gasteiger partial charge in [0, 0.05) is 23.7 Å². The van der Waals surface area contributed by atoms with Gasteiger partial charge in [-0.3, -0.25) is 0 Å². The number of benzene rings is 2. The van der Waals surface area contributed by atoms with Crippen LogP contribution in [-0.4, -0.2) is 18.3 Å². The minimum Gasteiger partial charge on any atom is -0.395 e. The van der Waals surface area contributed by atoms with Crippen LogP contribution in [0.15, 0.2) is 48.5 Å². The maximum absolute atomic E-state index is 8.70. The first kappa shape index (κ1) is 13.1. The van der Waals surface area contributed by atoms with Crippen LogP contribution in [-0.2, 0) is 6.54 Å². The van der Waals surface area contributed by atoms with Crippen molar-refractivity contribution in [1.29, 1.82) is 0 Å². The molecular weight excluding hydrogens is 246 g/mol. The summed E-state index contributed by atoms with van der Waals surface area (Å²) in [5, 5.41) is 12.6. The first-order valence-electron chi connectivity index (χ1n) is 5.96. The van der Waals surface area contributed by atoms with E-state index in [4.69, 9.17) is 16.7 Å². The van der Waals surface area contributed by atoms with Crippen molar-refractivity contribution in [3.63, 3.8) is 0 Å². The lowest BCUT2D eigenvalue weighted by atomic mass is 10.0. The fraction of sp³-hybridized carbons (Fsp3) is 0.200. The van der Waals surface area contributed by atoms with Gasteiger partial charge in [0.05, 0.1) is 6.61 Å². The molecular formula is C15H16ClNO. The average molecular weight is 262 g/mol. The van der Waals surface area contributed by atoms with Gasteiger partial charge in [0.2, 0.25) is 0 Å². The zero-order valence-corrected chi connectivity index (χ0v) is 10.8. The number of aliphatic hydroxyl groups is 1. The monoisotopic (exact) mass is 261 g/mol. The SMILES string of the molecule is OCCNCc1ccc(-c2ccccc2)c(Cl)c1. The average Bonchev–Trinajstić information content (AvgIpc) is 2.40. The molecule has 0 unspecified atom stereocenters. The number of hydrogen-bond donors (Lipinski definition) is 2. The first-order valence-corrected chi connectivity index (χ1v) is 6.34. The summed E-state index contributed by atoms with van der Waals surface area (Å²) in [6, 6.07) is 16.1. The Morgan fingerprint density at radius 1 is 1.06 bits per heavy atom. The summed E-state index contributed by atoms with van der Waals surface area (Å²) in [6.45, 7) is 1.46. The number of nitrogens with one attached hydrogen (secondary N) is 1.